The summed E-state index contributed by atoms with van der Waals surface area (Å²) in [7, 11) is 0. The SMILES string of the molecule is Cc1cc(NC(=O)C(OC(=O)c2cccnc2Cl)c2ccccc2)no1. The Morgan fingerprint density at radius 2 is 1.96 bits per heavy atom. The van der Waals surface area contributed by atoms with Crippen molar-refractivity contribution in [3.63, 3.8) is 0 Å². The van der Waals surface area contributed by atoms with Crippen LogP contribution >= 0.6 is 11.6 Å². The third kappa shape index (κ3) is 4.07. The molecule has 3 aromatic rings. The van der Waals surface area contributed by atoms with Gasteiger partial charge in [0.05, 0.1) is 5.56 Å². The lowest BCUT2D eigenvalue weighted by Crippen LogP contribution is -2.26. The highest BCUT2D eigenvalue weighted by Crippen LogP contribution is 2.23. The van der Waals surface area contributed by atoms with Gasteiger partial charge < -0.3 is 14.6 Å². The molecule has 0 fully saturated rings. The number of hydrogen-bond acceptors (Lipinski definition) is 6. The summed E-state index contributed by atoms with van der Waals surface area (Å²) in [6.07, 6.45) is 0.255. The van der Waals surface area contributed by atoms with Crippen LogP contribution in [-0.2, 0) is 9.53 Å². The van der Waals surface area contributed by atoms with Crippen LogP contribution in [0.4, 0.5) is 5.82 Å². The Morgan fingerprint density at radius 3 is 2.62 bits per heavy atom. The van der Waals surface area contributed by atoms with Gasteiger partial charge in [0.15, 0.2) is 5.82 Å². The number of anilines is 1. The molecule has 0 radical (unpaired) electrons. The monoisotopic (exact) mass is 371 g/mol. The van der Waals surface area contributed by atoms with Crippen LogP contribution in [0, 0.1) is 6.92 Å². The topological polar surface area (TPSA) is 94.3 Å². The summed E-state index contributed by atoms with van der Waals surface area (Å²) in [5.41, 5.74) is 0.568. The lowest BCUT2D eigenvalue weighted by Gasteiger charge is -2.17. The standard InChI is InChI=1S/C18H14ClN3O4/c1-11-10-14(22-26-11)21-17(23)15(12-6-3-2-4-7-12)25-18(24)13-8-5-9-20-16(13)19/h2-10,15H,1H3,(H,21,22,23). The first-order valence-electron chi connectivity index (χ1n) is 7.65. The highest BCUT2D eigenvalue weighted by Gasteiger charge is 2.27. The molecule has 1 atom stereocenters. The minimum absolute atomic E-state index is 0.00292. The first-order valence-corrected chi connectivity index (χ1v) is 8.03. The van der Waals surface area contributed by atoms with Crippen LogP contribution in [0.15, 0.2) is 59.3 Å². The molecule has 1 aromatic carbocycles. The van der Waals surface area contributed by atoms with Crippen LogP contribution in [0.1, 0.15) is 27.8 Å². The van der Waals surface area contributed by atoms with Crippen LogP contribution in [0.25, 0.3) is 0 Å². The number of hydrogen-bond donors (Lipinski definition) is 1. The Balaban J connectivity index is 1.85. The smallest absolute Gasteiger partial charge is 0.342 e. The van der Waals surface area contributed by atoms with Gasteiger partial charge in [0, 0.05) is 17.8 Å². The number of carbonyl (C=O) groups is 2. The second kappa shape index (κ2) is 7.79. The van der Waals surface area contributed by atoms with Crippen LogP contribution in [0.3, 0.4) is 0 Å². The van der Waals surface area contributed by atoms with Crippen molar-refractivity contribution in [1.29, 1.82) is 0 Å². The van der Waals surface area contributed by atoms with Crippen molar-refractivity contribution in [3.8, 4) is 0 Å². The maximum absolute atomic E-state index is 12.7. The number of nitrogens with one attached hydrogen (secondary N) is 1. The van der Waals surface area contributed by atoms with E-state index in [0.717, 1.165) is 0 Å². The van der Waals surface area contributed by atoms with Gasteiger partial charge in [0.25, 0.3) is 5.91 Å². The number of pyridine rings is 1. The molecular formula is C18H14ClN3O4. The average Bonchev–Trinajstić information content (AvgIpc) is 3.05. The van der Waals surface area contributed by atoms with Gasteiger partial charge in [0.1, 0.15) is 10.9 Å². The van der Waals surface area contributed by atoms with E-state index in [9.17, 15) is 9.59 Å². The zero-order valence-corrected chi connectivity index (χ0v) is 14.4. The number of ether oxygens (including phenoxy) is 1. The molecule has 0 bridgehead atoms. The third-order valence-electron chi connectivity index (χ3n) is 3.42. The number of aromatic nitrogens is 2. The van der Waals surface area contributed by atoms with E-state index in [-0.39, 0.29) is 16.5 Å². The van der Waals surface area contributed by atoms with Crippen molar-refractivity contribution < 1.29 is 18.8 Å². The van der Waals surface area contributed by atoms with Gasteiger partial charge in [-0.25, -0.2) is 9.78 Å². The summed E-state index contributed by atoms with van der Waals surface area (Å²) in [6.45, 7) is 1.70. The van der Waals surface area contributed by atoms with Crippen molar-refractivity contribution in [2.75, 3.05) is 5.32 Å². The minimum atomic E-state index is -1.20. The van der Waals surface area contributed by atoms with E-state index >= 15 is 0 Å². The lowest BCUT2D eigenvalue weighted by molar-refractivity contribution is -0.125. The maximum atomic E-state index is 12.7. The molecule has 8 heteroatoms. The van der Waals surface area contributed by atoms with Gasteiger partial charge in [-0.1, -0.05) is 47.1 Å². The van der Waals surface area contributed by atoms with E-state index in [4.69, 9.17) is 20.9 Å². The Kier molecular flexibility index (Phi) is 5.28. The fourth-order valence-corrected chi connectivity index (χ4v) is 2.42. The Hall–Kier alpha value is -3.19. The Labute approximate surface area is 153 Å². The molecule has 0 spiro atoms. The number of nitrogens with zero attached hydrogens (tertiary/aromatic N) is 2. The molecule has 1 unspecified atom stereocenters. The number of carbonyl (C=O) groups excluding carboxylic acids is 2. The molecule has 2 heterocycles. The summed E-state index contributed by atoms with van der Waals surface area (Å²) in [5, 5.41) is 6.26. The fraction of sp³-hybridized carbons (Fsp3) is 0.111. The van der Waals surface area contributed by atoms with Crippen molar-refractivity contribution in [3.05, 3.63) is 76.8 Å². The maximum Gasteiger partial charge on any atom is 0.342 e. The van der Waals surface area contributed by atoms with E-state index in [2.05, 4.69) is 15.5 Å². The van der Waals surface area contributed by atoms with Gasteiger partial charge in [-0.2, -0.15) is 0 Å². The lowest BCUT2D eigenvalue weighted by atomic mass is 10.1. The molecule has 26 heavy (non-hydrogen) atoms. The molecule has 1 amide bonds. The highest BCUT2D eigenvalue weighted by molar-refractivity contribution is 6.32. The van der Waals surface area contributed by atoms with Crippen molar-refractivity contribution in [2.45, 2.75) is 13.0 Å². The molecule has 132 valence electrons. The molecule has 0 aliphatic carbocycles. The van der Waals surface area contributed by atoms with E-state index in [1.54, 1.807) is 49.4 Å². The van der Waals surface area contributed by atoms with Crippen LogP contribution < -0.4 is 5.32 Å². The highest BCUT2D eigenvalue weighted by atomic mass is 35.5. The van der Waals surface area contributed by atoms with Crippen molar-refractivity contribution >= 4 is 29.3 Å². The van der Waals surface area contributed by atoms with E-state index in [0.29, 0.717) is 11.3 Å². The van der Waals surface area contributed by atoms with Gasteiger partial charge >= 0.3 is 5.97 Å². The van der Waals surface area contributed by atoms with Gasteiger partial charge in [0.2, 0.25) is 6.10 Å². The predicted octanol–water partition coefficient (Wildman–Crippen LogP) is 3.57. The molecular weight excluding hydrogens is 358 g/mol. The molecule has 3 rings (SSSR count). The molecule has 0 aliphatic rings. The summed E-state index contributed by atoms with van der Waals surface area (Å²) in [4.78, 5) is 28.9. The van der Waals surface area contributed by atoms with Crippen molar-refractivity contribution in [2.24, 2.45) is 0 Å². The number of esters is 1. The number of aryl methyl sites for hydroxylation is 1. The van der Waals surface area contributed by atoms with Gasteiger partial charge in [-0.3, -0.25) is 4.79 Å². The second-order valence-electron chi connectivity index (χ2n) is 5.35. The van der Waals surface area contributed by atoms with Crippen LogP contribution in [0.2, 0.25) is 5.15 Å². The number of amides is 1. The molecule has 0 saturated heterocycles. The molecule has 7 nitrogen and oxygen atoms in total. The predicted molar refractivity (Wildman–Crippen MR) is 93.7 cm³/mol. The van der Waals surface area contributed by atoms with Crippen molar-refractivity contribution in [1.82, 2.24) is 10.1 Å². The van der Waals surface area contributed by atoms with Crippen LogP contribution in [-0.4, -0.2) is 22.0 Å². The molecule has 0 aliphatic heterocycles. The first-order chi connectivity index (χ1) is 12.5. The Morgan fingerprint density at radius 1 is 1.19 bits per heavy atom. The minimum Gasteiger partial charge on any atom is -0.444 e. The number of halogens is 1. The van der Waals surface area contributed by atoms with Gasteiger partial charge in [-0.15, -0.1) is 0 Å². The van der Waals surface area contributed by atoms with Crippen LogP contribution in [0.5, 0.6) is 0 Å². The third-order valence-corrected chi connectivity index (χ3v) is 3.72. The molecule has 2 aromatic heterocycles. The zero-order valence-electron chi connectivity index (χ0n) is 13.7. The summed E-state index contributed by atoms with van der Waals surface area (Å²) < 4.78 is 10.3. The summed E-state index contributed by atoms with van der Waals surface area (Å²) in [6, 6.07) is 13.2. The number of rotatable bonds is 5. The van der Waals surface area contributed by atoms with Gasteiger partial charge in [-0.05, 0) is 19.1 Å². The largest absolute Gasteiger partial charge is 0.444 e. The first kappa shape index (κ1) is 17.6. The summed E-state index contributed by atoms with van der Waals surface area (Å²) in [5.74, 6) is -0.569. The second-order valence-corrected chi connectivity index (χ2v) is 5.71. The Bertz CT molecular complexity index is 927. The molecule has 1 N–H and O–H groups in total. The van der Waals surface area contributed by atoms with E-state index in [1.165, 1.54) is 12.3 Å². The number of benzene rings is 1. The normalized spacial score (nSPS) is 11.6. The van der Waals surface area contributed by atoms with E-state index < -0.39 is 18.0 Å². The summed E-state index contributed by atoms with van der Waals surface area (Å²) >= 11 is 5.93. The van der Waals surface area contributed by atoms with E-state index in [1.807, 2.05) is 0 Å². The quantitative estimate of drug-likeness (QED) is 0.544. The fourth-order valence-electron chi connectivity index (χ4n) is 2.23. The average molecular weight is 372 g/mol. The molecule has 0 saturated carbocycles. The zero-order chi connectivity index (χ0) is 18.5.